The van der Waals surface area contributed by atoms with Gasteiger partial charge in [-0.1, -0.05) is 91.0 Å². The summed E-state index contributed by atoms with van der Waals surface area (Å²) in [4.78, 5) is 10.4. The fraction of sp³-hybridized carbons (Fsp3) is 0.167. The molecule has 0 spiro atoms. The average Bonchev–Trinajstić information content (AvgIpc) is 2.78. The molecule has 28 heavy (non-hydrogen) atoms. The zero-order valence-corrected chi connectivity index (χ0v) is 16.9. The predicted molar refractivity (Wildman–Crippen MR) is 118 cm³/mol. The van der Waals surface area contributed by atoms with Crippen molar-refractivity contribution in [3.8, 4) is 0 Å². The second-order valence-electron chi connectivity index (χ2n) is 6.61. The Balaban J connectivity index is 1.99. The summed E-state index contributed by atoms with van der Waals surface area (Å²) in [7, 11) is -2.75. The first-order valence-electron chi connectivity index (χ1n) is 9.68. The third-order valence-corrected chi connectivity index (χ3v) is 8.53. The van der Waals surface area contributed by atoms with Crippen LogP contribution in [0.4, 0.5) is 0 Å². The Hall–Kier alpha value is -2.98. The van der Waals surface area contributed by atoms with Crippen molar-refractivity contribution < 1.29 is 9.32 Å². The summed E-state index contributed by atoms with van der Waals surface area (Å²) in [6, 6.07) is 31.2. The Morgan fingerprint density at radius 2 is 1.11 bits per heavy atom. The summed E-state index contributed by atoms with van der Waals surface area (Å²) in [5.41, 5.74) is 0. The van der Waals surface area contributed by atoms with Crippen molar-refractivity contribution in [3.63, 3.8) is 0 Å². The molecule has 0 aliphatic rings. The van der Waals surface area contributed by atoms with Gasteiger partial charge >= 0.3 is 8.32 Å². The van der Waals surface area contributed by atoms with Gasteiger partial charge in [-0.15, -0.1) is 5.16 Å². The van der Waals surface area contributed by atoms with Crippen LogP contribution in [-0.2, 0) is 9.32 Å². The summed E-state index contributed by atoms with van der Waals surface area (Å²) in [6.45, 7) is 0. The minimum absolute atomic E-state index is 0.603. The van der Waals surface area contributed by atoms with Gasteiger partial charge in [-0.2, -0.15) is 0 Å². The Kier molecular flexibility index (Phi) is 7.33. The molecule has 0 saturated heterocycles. The zero-order chi connectivity index (χ0) is 19.5. The lowest BCUT2D eigenvalue weighted by atomic mass is 10.2. The maximum atomic E-state index is 10.4. The van der Waals surface area contributed by atoms with Crippen molar-refractivity contribution in [2.45, 2.75) is 25.7 Å². The van der Waals surface area contributed by atoms with Gasteiger partial charge in [0.05, 0.1) is 0 Å². The first kappa shape index (κ1) is 19.8. The number of hydrogen-bond donors (Lipinski definition) is 0. The first-order chi connectivity index (χ1) is 13.9. The van der Waals surface area contributed by atoms with Crippen molar-refractivity contribution in [3.05, 3.63) is 91.0 Å². The molecule has 142 valence electrons. The normalized spacial score (nSPS) is 11.4. The smallest absolute Gasteiger partial charge is 0.380 e. The number of unbranched alkanes of at least 4 members (excludes halogenated alkanes) is 3. The van der Waals surface area contributed by atoms with Gasteiger partial charge in [0.1, 0.15) is 6.29 Å². The minimum atomic E-state index is -2.75. The zero-order valence-electron chi connectivity index (χ0n) is 15.9. The monoisotopic (exact) mass is 387 g/mol. The van der Waals surface area contributed by atoms with E-state index in [9.17, 15) is 4.79 Å². The van der Waals surface area contributed by atoms with E-state index >= 15 is 0 Å². The van der Waals surface area contributed by atoms with Crippen LogP contribution in [0.5, 0.6) is 0 Å². The molecule has 0 bridgehead atoms. The van der Waals surface area contributed by atoms with Crippen LogP contribution in [0.15, 0.2) is 96.2 Å². The van der Waals surface area contributed by atoms with E-state index in [1.807, 2.05) is 24.4 Å². The highest BCUT2D eigenvalue weighted by molar-refractivity contribution is 7.07. The van der Waals surface area contributed by atoms with E-state index in [2.05, 4.69) is 78.0 Å². The van der Waals surface area contributed by atoms with Gasteiger partial charge in [-0.25, -0.2) is 0 Å². The summed E-state index contributed by atoms with van der Waals surface area (Å²) >= 11 is 0. The second kappa shape index (κ2) is 10.4. The number of carbonyl (C=O) groups excluding carboxylic acids is 1. The molecule has 0 heterocycles. The highest BCUT2D eigenvalue weighted by Gasteiger charge is 2.44. The molecule has 4 heteroatoms. The lowest BCUT2D eigenvalue weighted by Crippen LogP contribution is -2.68. The van der Waals surface area contributed by atoms with E-state index < -0.39 is 8.32 Å². The van der Waals surface area contributed by atoms with Crippen LogP contribution in [0.25, 0.3) is 0 Å². The summed E-state index contributed by atoms with van der Waals surface area (Å²) in [5.74, 6) is 0. The maximum Gasteiger partial charge on any atom is 0.380 e. The molecule has 0 N–H and O–H groups in total. The number of oxime groups is 1. The van der Waals surface area contributed by atoms with Gasteiger partial charge in [-0.3, -0.25) is 0 Å². The maximum absolute atomic E-state index is 10.4. The highest BCUT2D eigenvalue weighted by Crippen LogP contribution is 2.10. The van der Waals surface area contributed by atoms with Crippen LogP contribution >= 0.6 is 0 Å². The molecule has 0 fully saturated rings. The standard InChI is InChI=1S/C24H25NO2Si/c26-21-13-2-1-12-20-25-27-28(22-14-6-3-7-15-22,23-16-8-4-9-17-23)24-18-10-5-11-19-24/h3-11,14-21H,1-2,12-13H2/b25-20+. The Morgan fingerprint density at radius 1 is 0.679 bits per heavy atom. The van der Waals surface area contributed by atoms with E-state index in [4.69, 9.17) is 4.53 Å². The molecule has 0 unspecified atom stereocenters. The minimum Gasteiger partial charge on any atom is -0.438 e. The van der Waals surface area contributed by atoms with Crippen LogP contribution in [-0.4, -0.2) is 20.8 Å². The highest BCUT2D eigenvalue weighted by atomic mass is 28.4. The lowest BCUT2D eigenvalue weighted by Gasteiger charge is -2.30. The van der Waals surface area contributed by atoms with Crippen LogP contribution in [0, 0.1) is 0 Å². The van der Waals surface area contributed by atoms with E-state index in [0.29, 0.717) is 6.42 Å². The molecule has 0 saturated carbocycles. The molecule has 0 aliphatic carbocycles. The molecule has 0 radical (unpaired) electrons. The molecule has 3 rings (SSSR count). The molecule has 0 aromatic heterocycles. The number of carbonyl (C=O) groups is 1. The predicted octanol–water partition coefficient (Wildman–Crippen LogP) is 3.42. The number of aldehydes is 1. The van der Waals surface area contributed by atoms with E-state index in [-0.39, 0.29) is 0 Å². The van der Waals surface area contributed by atoms with Crippen LogP contribution < -0.4 is 15.6 Å². The number of nitrogens with zero attached hydrogens (tertiary/aromatic N) is 1. The van der Waals surface area contributed by atoms with Gasteiger partial charge < -0.3 is 9.32 Å². The van der Waals surface area contributed by atoms with Crippen molar-refractivity contribution in [1.82, 2.24) is 0 Å². The third-order valence-electron chi connectivity index (χ3n) is 4.71. The SMILES string of the molecule is O=CCCCC/C=N/O[Si](c1ccccc1)(c1ccccc1)c1ccccc1. The topological polar surface area (TPSA) is 38.7 Å². The Morgan fingerprint density at radius 3 is 1.54 bits per heavy atom. The van der Waals surface area contributed by atoms with Crippen molar-refractivity contribution >= 4 is 36.4 Å². The van der Waals surface area contributed by atoms with Crippen molar-refractivity contribution in [2.24, 2.45) is 5.16 Å². The Bertz CT molecular complexity index is 770. The molecule has 0 amide bonds. The van der Waals surface area contributed by atoms with E-state index in [0.717, 1.165) is 41.1 Å². The molecular formula is C24H25NO2Si. The third kappa shape index (κ3) is 4.64. The van der Waals surface area contributed by atoms with Crippen LogP contribution in [0.3, 0.4) is 0 Å². The van der Waals surface area contributed by atoms with Gasteiger partial charge in [-0.05, 0) is 34.8 Å². The van der Waals surface area contributed by atoms with Gasteiger partial charge in [0.2, 0.25) is 0 Å². The fourth-order valence-corrected chi connectivity index (χ4v) is 6.84. The second-order valence-corrected chi connectivity index (χ2v) is 9.89. The van der Waals surface area contributed by atoms with Crippen molar-refractivity contribution in [2.75, 3.05) is 0 Å². The molecule has 3 aromatic carbocycles. The summed E-state index contributed by atoms with van der Waals surface area (Å²) in [5, 5.41) is 7.89. The van der Waals surface area contributed by atoms with Gasteiger partial charge in [0.15, 0.2) is 0 Å². The fourth-order valence-electron chi connectivity index (χ4n) is 3.31. The van der Waals surface area contributed by atoms with Crippen LogP contribution in [0.2, 0.25) is 0 Å². The number of benzene rings is 3. The summed E-state index contributed by atoms with van der Waals surface area (Å²) < 4.78 is 6.43. The molecule has 3 aromatic rings. The first-order valence-corrected chi connectivity index (χ1v) is 11.6. The van der Waals surface area contributed by atoms with E-state index in [1.165, 1.54) is 0 Å². The molecular weight excluding hydrogens is 362 g/mol. The number of hydrogen-bond acceptors (Lipinski definition) is 3. The summed E-state index contributed by atoms with van der Waals surface area (Å²) in [6.07, 6.45) is 6.02. The van der Waals surface area contributed by atoms with Crippen molar-refractivity contribution in [1.29, 1.82) is 0 Å². The average molecular weight is 388 g/mol. The lowest BCUT2D eigenvalue weighted by molar-refractivity contribution is -0.107. The van der Waals surface area contributed by atoms with Crippen LogP contribution in [0.1, 0.15) is 25.7 Å². The molecule has 0 aliphatic heterocycles. The van der Waals surface area contributed by atoms with Gasteiger partial charge in [0.25, 0.3) is 0 Å². The van der Waals surface area contributed by atoms with E-state index in [1.54, 1.807) is 0 Å². The van der Waals surface area contributed by atoms with Gasteiger partial charge in [0, 0.05) is 12.6 Å². The Labute approximate surface area is 167 Å². The largest absolute Gasteiger partial charge is 0.438 e. The molecule has 3 nitrogen and oxygen atoms in total. The quantitative estimate of drug-likeness (QED) is 0.134. The molecule has 0 atom stereocenters. The number of rotatable bonds is 10.